The number of carbonyl (C=O) groups is 1. The standard InChI is InChI=1S/C23H32N2O4/c1-13-10-19(26)29-20-14(2)18(9-8-17(13)20)28-15(3)21(27)24-16-11-22(4,5)25-23(6,7)12-16/h8-10,15-16,25H,11-12H2,1-7H3,(H,24,27)/p+1/t15-/m1/s1. The van der Waals surface area contributed by atoms with Crippen LogP contribution >= 0.6 is 0 Å². The van der Waals surface area contributed by atoms with Gasteiger partial charge < -0.3 is 19.8 Å². The van der Waals surface area contributed by atoms with E-state index in [9.17, 15) is 9.59 Å². The summed E-state index contributed by atoms with van der Waals surface area (Å²) in [5.74, 6) is 0.417. The zero-order valence-electron chi connectivity index (χ0n) is 18.5. The van der Waals surface area contributed by atoms with Gasteiger partial charge in [-0.1, -0.05) is 0 Å². The fraction of sp³-hybridized carbons (Fsp3) is 0.565. The summed E-state index contributed by atoms with van der Waals surface area (Å²) in [6, 6.07) is 5.28. The van der Waals surface area contributed by atoms with Crippen LogP contribution in [0.4, 0.5) is 0 Å². The highest BCUT2D eigenvalue weighted by Crippen LogP contribution is 2.29. The van der Waals surface area contributed by atoms with Gasteiger partial charge in [0.25, 0.3) is 5.91 Å². The largest absolute Gasteiger partial charge is 0.480 e. The van der Waals surface area contributed by atoms with Crippen molar-refractivity contribution in [2.24, 2.45) is 0 Å². The average Bonchev–Trinajstić information content (AvgIpc) is 2.54. The monoisotopic (exact) mass is 401 g/mol. The third kappa shape index (κ3) is 4.81. The van der Waals surface area contributed by atoms with Crippen LogP contribution in [-0.4, -0.2) is 29.1 Å². The maximum absolute atomic E-state index is 12.8. The molecule has 158 valence electrons. The van der Waals surface area contributed by atoms with Crippen molar-refractivity contribution in [1.82, 2.24) is 5.32 Å². The number of hydrogen-bond acceptors (Lipinski definition) is 4. The topological polar surface area (TPSA) is 85.1 Å². The Bertz CT molecular complexity index is 974. The van der Waals surface area contributed by atoms with E-state index >= 15 is 0 Å². The molecule has 3 rings (SSSR count). The van der Waals surface area contributed by atoms with Crippen molar-refractivity contribution >= 4 is 16.9 Å². The smallest absolute Gasteiger partial charge is 0.336 e. The SMILES string of the molecule is Cc1cc(=O)oc2c(C)c(O[C@H](C)C(=O)NC3CC(C)(C)[NH2+]C(C)(C)C3)ccc12. The Labute approximate surface area is 172 Å². The van der Waals surface area contributed by atoms with E-state index in [1.54, 1.807) is 6.92 Å². The molecule has 6 nitrogen and oxygen atoms in total. The molecule has 0 aliphatic carbocycles. The van der Waals surface area contributed by atoms with Crippen LogP contribution in [0.5, 0.6) is 5.75 Å². The average molecular weight is 402 g/mol. The molecule has 1 saturated heterocycles. The third-order valence-electron chi connectivity index (χ3n) is 5.66. The number of aryl methyl sites for hydroxylation is 2. The summed E-state index contributed by atoms with van der Waals surface area (Å²) in [5, 5.41) is 6.42. The van der Waals surface area contributed by atoms with E-state index in [1.165, 1.54) is 6.07 Å². The molecular weight excluding hydrogens is 368 g/mol. The lowest BCUT2D eigenvalue weighted by atomic mass is 9.79. The number of rotatable bonds is 4. The molecule has 1 atom stereocenters. The number of carbonyl (C=O) groups excluding carboxylic acids is 1. The zero-order valence-corrected chi connectivity index (χ0v) is 18.5. The van der Waals surface area contributed by atoms with Crippen molar-refractivity contribution in [3.05, 3.63) is 39.7 Å². The van der Waals surface area contributed by atoms with Gasteiger partial charge in [0.2, 0.25) is 0 Å². The first-order chi connectivity index (χ1) is 13.4. The second kappa shape index (κ2) is 7.48. The molecule has 6 heteroatoms. The van der Waals surface area contributed by atoms with E-state index in [4.69, 9.17) is 9.15 Å². The van der Waals surface area contributed by atoms with Crippen molar-refractivity contribution in [1.29, 1.82) is 0 Å². The van der Waals surface area contributed by atoms with Gasteiger partial charge in [0, 0.05) is 35.9 Å². The van der Waals surface area contributed by atoms with Gasteiger partial charge >= 0.3 is 5.63 Å². The summed E-state index contributed by atoms with van der Waals surface area (Å²) in [6.45, 7) is 14.3. The molecule has 0 bridgehead atoms. The van der Waals surface area contributed by atoms with E-state index < -0.39 is 6.10 Å². The number of amides is 1. The molecule has 0 unspecified atom stereocenters. The predicted octanol–water partition coefficient (Wildman–Crippen LogP) is 2.58. The summed E-state index contributed by atoms with van der Waals surface area (Å²) in [7, 11) is 0. The Morgan fingerprint density at radius 3 is 2.45 bits per heavy atom. The van der Waals surface area contributed by atoms with Crippen molar-refractivity contribution in [3.63, 3.8) is 0 Å². The van der Waals surface area contributed by atoms with Crippen LogP contribution in [0.15, 0.2) is 27.4 Å². The molecule has 2 heterocycles. The molecule has 0 radical (unpaired) electrons. The van der Waals surface area contributed by atoms with Crippen LogP contribution in [0.2, 0.25) is 0 Å². The van der Waals surface area contributed by atoms with Crippen LogP contribution < -0.4 is 21.0 Å². The molecule has 1 amide bonds. The van der Waals surface area contributed by atoms with Gasteiger partial charge in [-0.05, 0) is 66.2 Å². The van der Waals surface area contributed by atoms with Crippen LogP contribution in [0.25, 0.3) is 11.0 Å². The summed E-state index contributed by atoms with van der Waals surface area (Å²) < 4.78 is 11.3. The van der Waals surface area contributed by atoms with E-state index in [0.29, 0.717) is 11.3 Å². The maximum Gasteiger partial charge on any atom is 0.336 e. The fourth-order valence-corrected chi connectivity index (χ4v) is 4.81. The first kappa shape index (κ1) is 21.4. The molecule has 29 heavy (non-hydrogen) atoms. The number of nitrogens with two attached hydrogens (primary N) is 1. The van der Waals surface area contributed by atoms with Crippen LogP contribution in [0.3, 0.4) is 0 Å². The van der Waals surface area contributed by atoms with Gasteiger partial charge in [-0.3, -0.25) is 4.79 Å². The number of ether oxygens (including phenoxy) is 1. The summed E-state index contributed by atoms with van der Waals surface area (Å²) in [5.41, 5.74) is 1.85. The summed E-state index contributed by atoms with van der Waals surface area (Å²) >= 11 is 0. The Morgan fingerprint density at radius 1 is 1.21 bits per heavy atom. The molecule has 1 fully saturated rings. The van der Waals surface area contributed by atoms with Crippen molar-refractivity contribution in [2.45, 2.75) is 84.5 Å². The lowest BCUT2D eigenvalue weighted by Crippen LogP contribution is -3.06. The lowest BCUT2D eigenvalue weighted by molar-refractivity contribution is -0.787. The molecule has 0 spiro atoms. The highest BCUT2D eigenvalue weighted by atomic mass is 16.5. The molecule has 1 aromatic heterocycles. The molecule has 2 aromatic rings. The Kier molecular flexibility index (Phi) is 5.52. The van der Waals surface area contributed by atoms with E-state index in [-0.39, 0.29) is 28.7 Å². The van der Waals surface area contributed by atoms with Gasteiger partial charge in [0.1, 0.15) is 11.3 Å². The highest BCUT2D eigenvalue weighted by Gasteiger charge is 2.42. The van der Waals surface area contributed by atoms with Crippen molar-refractivity contribution < 1.29 is 19.3 Å². The Hall–Kier alpha value is -2.34. The van der Waals surface area contributed by atoms with Crippen molar-refractivity contribution in [2.75, 3.05) is 0 Å². The van der Waals surface area contributed by atoms with Gasteiger partial charge in [0.05, 0.1) is 11.1 Å². The van der Waals surface area contributed by atoms with Gasteiger partial charge in [-0.15, -0.1) is 0 Å². The second-order valence-corrected chi connectivity index (χ2v) is 9.81. The number of benzene rings is 1. The first-order valence-electron chi connectivity index (χ1n) is 10.3. The minimum atomic E-state index is -0.653. The lowest BCUT2D eigenvalue weighted by Gasteiger charge is -2.43. The molecule has 3 N–H and O–H groups in total. The van der Waals surface area contributed by atoms with Crippen LogP contribution in [0.1, 0.15) is 58.6 Å². The highest BCUT2D eigenvalue weighted by molar-refractivity contribution is 5.85. The minimum absolute atomic E-state index is 0.0775. The van der Waals surface area contributed by atoms with Gasteiger partial charge in [-0.25, -0.2) is 4.79 Å². The second-order valence-electron chi connectivity index (χ2n) is 9.81. The van der Waals surface area contributed by atoms with E-state index in [0.717, 1.165) is 29.4 Å². The Balaban J connectivity index is 1.75. The normalized spacial score (nSPS) is 19.7. The molecule has 1 aromatic carbocycles. The number of hydrogen-bond donors (Lipinski definition) is 2. The van der Waals surface area contributed by atoms with Gasteiger partial charge in [-0.2, -0.15) is 0 Å². The van der Waals surface area contributed by atoms with E-state index in [2.05, 4.69) is 38.3 Å². The third-order valence-corrected chi connectivity index (χ3v) is 5.66. The summed E-state index contributed by atoms with van der Waals surface area (Å²) in [4.78, 5) is 24.6. The van der Waals surface area contributed by atoms with E-state index in [1.807, 2.05) is 26.0 Å². The van der Waals surface area contributed by atoms with Crippen molar-refractivity contribution in [3.8, 4) is 5.75 Å². The minimum Gasteiger partial charge on any atom is -0.480 e. The number of nitrogens with one attached hydrogen (secondary N) is 1. The van der Waals surface area contributed by atoms with Crippen LogP contribution in [-0.2, 0) is 4.79 Å². The predicted molar refractivity (Wildman–Crippen MR) is 113 cm³/mol. The number of fused-ring (bicyclic) bond motifs is 1. The molecular formula is C23H33N2O4+. The van der Waals surface area contributed by atoms with Gasteiger partial charge in [0.15, 0.2) is 6.10 Å². The molecule has 0 saturated carbocycles. The number of piperidine rings is 1. The fourth-order valence-electron chi connectivity index (χ4n) is 4.81. The van der Waals surface area contributed by atoms with Crippen LogP contribution in [0, 0.1) is 13.8 Å². The summed E-state index contributed by atoms with van der Waals surface area (Å²) in [6.07, 6.45) is 1.17. The molecule has 1 aliphatic rings. The molecule has 1 aliphatic heterocycles. The quantitative estimate of drug-likeness (QED) is 0.771. The zero-order chi connectivity index (χ0) is 21.6. The Morgan fingerprint density at radius 2 is 1.83 bits per heavy atom. The number of quaternary nitrogens is 1. The maximum atomic E-state index is 12.8. The first-order valence-corrected chi connectivity index (χ1v) is 10.3.